The lowest BCUT2D eigenvalue weighted by molar-refractivity contribution is 0.812. The van der Waals surface area contributed by atoms with Gasteiger partial charge in [-0.05, 0) is 14.0 Å². The topological polar surface area (TPSA) is 12.0 Å². The van der Waals surface area contributed by atoms with Gasteiger partial charge in [-0.25, -0.2) is 0 Å². The van der Waals surface area contributed by atoms with Gasteiger partial charge in [0.25, 0.3) is 0 Å². The van der Waals surface area contributed by atoms with Gasteiger partial charge in [0.15, 0.2) is 0 Å². The molecule has 1 atom stereocenters. The van der Waals surface area contributed by atoms with Crippen molar-refractivity contribution in [1.82, 2.24) is 5.32 Å². The monoisotopic (exact) mass is 91.0 g/mol. The van der Waals surface area contributed by atoms with E-state index < -0.39 is 0 Å². The van der Waals surface area contributed by atoms with E-state index in [0.29, 0.717) is 5.37 Å². The van der Waals surface area contributed by atoms with Crippen LogP contribution in [0.5, 0.6) is 0 Å². The molecule has 5 heavy (non-hydrogen) atoms. The van der Waals surface area contributed by atoms with Crippen molar-refractivity contribution in [3.63, 3.8) is 0 Å². The summed E-state index contributed by atoms with van der Waals surface area (Å²) in [7, 11) is 1.87. The maximum absolute atomic E-state index is 3.99. The van der Waals surface area contributed by atoms with Crippen LogP contribution in [0.4, 0.5) is 0 Å². The van der Waals surface area contributed by atoms with Crippen LogP contribution in [0.1, 0.15) is 6.92 Å². The lowest BCUT2D eigenvalue weighted by Gasteiger charge is -1.94. The van der Waals surface area contributed by atoms with Crippen LogP contribution >= 0.6 is 12.6 Å². The molecule has 0 rings (SSSR count). The highest BCUT2D eigenvalue weighted by atomic mass is 32.1. The smallest absolute Gasteiger partial charge is 0.0471 e. The van der Waals surface area contributed by atoms with E-state index in [0.717, 1.165) is 0 Å². The van der Waals surface area contributed by atoms with Crippen LogP contribution in [0.15, 0.2) is 0 Å². The lowest BCUT2D eigenvalue weighted by atomic mass is 10.8. The van der Waals surface area contributed by atoms with Gasteiger partial charge in [0.2, 0.25) is 0 Å². The van der Waals surface area contributed by atoms with Gasteiger partial charge in [-0.15, -0.1) is 0 Å². The summed E-state index contributed by atoms with van der Waals surface area (Å²) in [6, 6.07) is 0. The second-order valence-electron chi connectivity index (χ2n) is 0.965. The van der Waals surface area contributed by atoms with Crippen LogP contribution in [-0.4, -0.2) is 12.4 Å². The second kappa shape index (κ2) is 2.54. The molecule has 0 saturated heterocycles. The van der Waals surface area contributed by atoms with Gasteiger partial charge in [-0.3, -0.25) is 0 Å². The van der Waals surface area contributed by atoms with E-state index >= 15 is 0 Å². The number of nitrogens with one attached hydrogen (secondary N) is 1. The Morgan fingerprint density at radius 2 is 2.00 bits per heavy atom. The van der Waals surface area contributed by atoms with Gasteiger partial charge in [0.05, 0.1) is 0 Å². The maximum Gasteiger partial charge on any atom is 0.0471 e. The molecule has 0 radical (unpaired) electrons. The first-order valence-electron chi connectivity index (χ1n) is 1.62. The van der Waals surface area contributed by atoms with Gasteiger partial charge in [0.1, 0.15) is 0 Å². The quantitative estimate of drug-likeness (QED) is 0.353. The number of hydrogen-bond donors (Lipinski definition) is 2. The fraction of sp³-hybridized carbons (Fsp3) is 1.00. The molecule has 1 N–H and O–H groups in total. The van der Waals surface area contributed by atoms with Gasteiger partial charge in [-0.1, -0.05) is 0 Å². The van der Waals surface area contributed by atoms with Crippen LogP contribution in [0.2, 0.25) is 0 Å². The molecule has 0 aromatic heterocycles. The molecule has 0 unspecified atom stereocenters. The van der Waals surface area contributed by atoms with Gasteiger partial charge >= 0.3 is 0 Å². The molecule has 0 aliphatic rings. The van der Waals surface area contributed by atoms with E-state index in [1.54, 1.807) is 0 Å². The molecule has 0 amide bonds. The first-order valence-corrected chi connectivity index (χ1v) is 2.14. The van der Waals surface area contributed by atoms with E-state index in [1.807, 2.05) is 14.0 Å². The molecule has 1 nitrogen and oxygen atoms in total. The molecule has 2 heteroatoms. The standard InChI is InChI=1S/C3H9NS/c1-3(5)4-2/h3-5H,1-2H3/t3-/m0/s1. The number of hydrogen-bond acceptors (Lipinski definition) is 2. The summed E-state index contributed by atoms with van der Waals surface area (Å²) in [6.07, 6.45) is 0. The van der Waals surface area contributed by atoms with E-state index in [1.165, 1.54) is 0 Å². The van der Waals surface area contributed by atoms with Crippen molar-refractivity contribution < 1.29 is 0 Å². The van der Waals surface area contributed by atoms with Crippen molar-refractivity contribution in [2.75, 3.05) is 7.05 Å². The summed E-state index contributed by atoms with van der Waals surface area (Å²) in [5.74, 6) is 0. The molecule has 0 aromatic carbocycles. The molecule has 0 aliphatic carbocycles. The summed E-state index contributed by atoms with van der Waals surface area (Å²) in [5, 5.41) is 3.22. The van der Waals surface area contributed by atoms with E-state index in [9.17, 15) is 0 Å². The highest BCUT2D eigenvalue weighted by Crippen LogP contribution is 1.79. The predicted molar refractivity (Wildman–Crippen MR) is 27.5 cm³/mol. The minimum atomic E-state index is 0.329. The first kappa shape index (κ1) is 5.31. The second-order valence-corrected chi connectivity index (χ2v) is 1.74. The van der Waals surface area contributed by atoms with Crippen LogP contribution in [-0.2, 0) is 0 Å². The molecule has 0 heterocycles. The SMILES string of the molecule is CN[C@H](C)S. The minimum Gasteiger partial charge on any atom is -0.309 e. The van der Waals surface area contributed by atoms with E-state index in [-0.39, 0.29) is 0 Å². The van der Waals surface area contributed by atoms with E-state index in [2.05, 4.69) is 17.9 Å². The van der Waals surface area contributed by atoms with Gasteiger partial charge in [0, 0.05) is 5.37 Å². The third-order valence-electron chi connectivity index (χ3n) is 0.418. The summed E-state index contributed by atoms with van der Waals surface area (Å²) < 4.78 is 0. The van der Waals surface area contributed by atoms with Crippen LogP contribution in [0.25, 0.3) is 0 Å². The molecule has 0 fully saturated rings. The Balaban J connectivity index is 2.54. The zero-order valence-corrected chi connectivity index (χ0v) is 4.42. The molecule has 0 saturated carbocycles. The van der Waals surface area contributed by atoms with Crippen LogP contribution < -0.4 is 5.32 Å². The summed E-state index contributed by atoms with van der Waals surface area (Å²) in [5.41, 5.74) is 0. The Hall–Kier alpha value is 0.310. The summed E-state index contributed by atoms with van der Waals surface area (Å²) in [6.45, 7) is 1.98. The van der Waals surface area contributed by atoms with Crippen molar-refractivity contribution in [1.29, 1.82) is 0 Å². The van der Waals surface area contributed by atoms with Crippen molar-refractivity contribution in [2.45, 2.75) is 12.3 Å². The zero-order valence-electron chi connectivity index (χ0n) is 3.52. The summed E-state index contributed by atoms with van der Waals surface area (Å²) >= 11 is 3.99. The van der Waals surface area contributed by atoms with Crippen molar-refractivity contribution in [3.05, 3.63) is 0 Å². The predicted octanol–water partition coefficient (Wildman–Crippen LogP) is 0.482. The average Bonchev–Trinajstić information content (AvgIpc) is 1.38. The lowest BCUT2D eigenvalue weighted by Crippen LogP contribution is -2.12. The van der Waals surface area contributed by atoms with Gasteiger partial charge < -0.3 is 5.32 Å². The third-order valence-corrected chi connectivity index (χ3v) is 0.676. The first-order chi connectivity index (χ1) is 2.27. The highest BCUT2D eigenvalue weighted by Gasteiger charge is 1.77. The highest BCUT2D eigenvalue weighted by molar-refractivity contribution is 7.80. The van der Waals surface area contributed by atoms with Gasteiger partial charge in [-0.2, -0.15) is 12.6 Å². The molecule has 0 bridgehead atoms. The third kappa shape index (κ3) is 4.31. The largest absolute Gasteiger partial charge is 0.309 e. The molecule has 0 aliphatic heterocycles. The minimum absolute atomic E-state index is 0.329. The van der Waals surface area contributed by atoms with Crippen LogP contribution in [0, 0.1) is 0 Å². The van der Waals surface area contributed by atoms with E-state index in [4.69, 9.17) is 0 Å². The fourth-order valence-corrected chi connectivity index (χ4v) is 0. The Labute approximate surface area is 38.2 Å². The number of thiol groups is 1. The Morgan fingerprint density at radius 3 is 2.00 bits per heavy atom. The van der Waals surface area contributed by atoms with Crippen molar-refractivity contribution in [3.8, 4) is 0 Å². The molecule has 32 valence electrons. The Bertz CT molecular complexity index is 20.9. The molecular weight excluding hydrogens is 82.1 g/mol. The summed E-state index contributed by atoms with van der Waals surface area (Å²) in [4.78, 5) is 0. The number of rotatable bonds is 1. The Morgan fingerprint density at radius 1 is 1.80 bits per heavy atom. The van der Waals surface area contributed by atoms with Crippen LogP contribution in [0.3, 0.4) is 0 Å². The van der Waals surface area contributed by atoms with Crippen molar-refractivity contribution >= 4 is 12.6 Å². The zero-order chi connectivity index (χ0) is 4.28. The average molecular weight is 91.2 g/mol. The van der Waals surface area contributed by atoms with Crippen molar-refractivity contribution in [2.24, 2.45) is 0 Å². The normalized spacial score (nSPS) is 15.0. The Kier molecular flexibility index (Phi) is 2.70. The molecular formula is C3H9NS. The molecule has 0 aromatic rings. The maximum atomic E-state index is 3.99. The molecule has 0 spiro atoms. The fourth-order valence-electron chi connectivity index (χ4n) is 0.